The lowest BCUT2D eigenvalue weighted by Gasteiger charge is -2.38. The van der Waals surface area contributed by atoms with E-state index in [-0.39, 0.29) is 19.1 Å². The smallest absolute Gasteiger partial charge is 0.254 e. The van der Waals surface area contributed by atoms with E-state index in [4.69, 9.17) is 0 Å². The van der Waals surface area contributed by atoms with Gasteiger partial charge in [-0.1, -0.05) is 18.2 Å². The van der Waals surface area contributed by atoms with Gasteiger partial charge in [0.05, 0.1) is 18.8 Å². The van der Waals surface area contributed by atoms with Gasteiger partial charge in [-0.05, 0) is 26.0 Å². The van der Waals surface area contributed by atoms with E-state index in [1.165, 1.54) is 4.90 Å². The number of carbonyl (C=O) groups is 1. The number of hydrogen-bond donors (Lipinski definition) is 2. The first-order chi connectivity index (χ1) is 8.09. The Balaban J connectivity index is 3.00. The Kier molecular flexibility index (Phi) is 4.66. The molecule has 17 heavy (non-hydrogen) atoms. The number of likely N-dealkylation sites (N-methyl/N-ethyl adjacent to an activating group) is 1. The van der Waals surface area contributed by atoms with Crippen LogP contribution < -0.4 is 0 Å². The second kappa shape index (κ2) is 5.80. The fraction of sp³-hybridized carbons (Fsp3) is 0.462. The van der Waals surface area contributed by atoms with E-state index in [1.54, 1.807) is 31.2 Å². The van der Waals surface area contributed by atoms with E-state index >= 15 is 0 Å². The molecule has 1 aromatic rings. The molecule has 0 heterocycles. The van der Waals surface area contributed by atoms with Crippen molar-refractivity contribution in [1.82, 2.24) is 4.90 Å². The Morgan fingerprint density at radius 2 is 1.76 bits per heavy atom. The van der Waals surface area contributed by atoms with Crippen LogP contribution in [0.1, 0.15) is 24.2 Å². The molecule has 0 aromatic heterocycles. The van der Waals surface area contributed by atoms with Crippen LogP contribution in [0.15, 0.2) is 30.3 Å². The third-order valence-electron chi connectivity index (χ3n) is 2.92. The van der Waals surface area contributed by atoms with Crippen LogP contribution in [0.2, 0.25) is 0 Å². The number of rotatable bonds is 5. The number of carbonyl (C=O) groups excluding carboxylic acids is 1. The summed E-state index contributed by atoms with van der Waals surface area (Å²) in [5.41, 5.74) is -0.371. The van der Waals surface area contributed by atoms with Crippen molar-refractivity contribution < 1.29 is 15.0 Å². The molecule has 0 spiro atoms. The first kappa shape index (κ1) is 13.7. The van der Waals surface area contributed by atoms with Gasteiger partial charge in [0.2, 0.25) is 0 Å². The van der Waals surface area contributed by atoms with Crippen LogP contribution in [0.5, 0.6) is 0 Å². The van der Waals surface area contributed by atoms with Crippen molar-refractivity contribution in [2.45, 2.75) is 19.4 Å². The molecule has 0 aliphatic carbocycles. The minimum Gasteiger partial charge on any atom is -0.394 e. The van der Waals surface area contributed by atoms with Crippen molar-refractivity contribution in [3.63, 3.8) is 0 Å². The fourth-order valence-electron chi connectivity index (χ4n) is 1.73. The minimum atomic E-state index is -0.929. The summed E-state index contributed by atoms with van der Waals surface area (Å²) in [5, 5.41) is 18.7. The van der Waals surface area contributed by atoms with Gasteiger partial charge in [0.25, 0.3) is 5.91 Å². The molecule has 0 saturated heterocycles. The van der Waals surface area contributed by atoms with E-state index in [0.717, 1.165) is 0 Å². The third kappa shape index (κ3) is 2.84. The average Bonchev–Trinajstić information content (AvgIpc) is 2.40. The zero-order chi connectivity index (χ0) is 12.9. The van der Waals surface area contributed by atoms with Crippen LogP contribution in [0.25, 0.3) is 0 Å². The summed E-state index contributed by atoms with van der Waals surface area (Å²) in [4.78, 5) is 13.7. The van der Waals surface area contributed by atoms with Crippen LogP contribution in [0.4, 0.5) is 0 Å². The molecule has 0 unspecified atom stereocenters. The molecule has 0 fully saturated rings. The number of benzene rings is 1. The second-order valence-corrected chi connectivity index (χ2v) is 4.23. The molecule has 1 aromatic carbocycles. The summed E-state index contributed by atoms with van der Waals surface area (Å²) in [7, 11) is 0. The summed E-state index contributed by atoms with van der Waals surface area (Å²) in [6.07, 6.45) is 0. The highest BCUT2D eigenvalue weighted by Crippen LogP contribution is 2.17. The van der Waals surface area contributed by atoms with Crippen molar-refractivity contribution in [2.75, 3.05) is 19.8 Å². The maximum Gasteiger partial charge on any atom is 0.254 e. The normalized spacial score (nSPS) is 11.3. The van der Waals surface area contributed by atoms with E-state index < -0.39 is 5.54 Å². The van der Waals surface area contributed by atoms with Crippen LogP contribution in [0.3, 0.4) is 0 Å². The van der Waals surface area contributed by atoms with Crippen molar-refractivity contribution in [3.8, 4) is 0 Å². The topological polar surface area (TPSA) is 60.8 Å². The average molecular weight is 237 g/mol. The molecule has 4 heteroatoms. The van der Waals surface area contributed by atoms with Crippen LogP contribution >= 0.6 is 0 Å². The SMILES string of the molecule is CCN(C(=O)c1ccccc1)C(C)(CO)CO. The summed E-state index contributed by atoms with van der Waals surface area (Å²) in [6.45, 7) is 3.39. The van der Waals surface area contributed by atoms with Crippen molar-refractivity contribution >= 4 is 5.91 Å². The van der Waals surface area contributed by atoms with Gasteiger partial charge in [-0.15, -0.1) is 0 Å². The Hall–Kier alpha value is -1.39. The molecule has 0 aliphatic heterocycles. The summed E-state index contributed by atoms with van der Waals surface area (Å²) < 4.78 is 0. The lowest BCUT2D eigenvalue weighted by atomic mass is 10.0. The lowest BCUT2D eigenvalue weighted by molar-refractivity contribution is 0.00590. The molecule has 0 atom stereocenters. The largest absolute Gasteiger partial charge is 0.394 e. The Morgan fingerprint density at radius 1 is 1.24 bits per heavy atom. The van der Waals surface area contributed by atoms with Crippen LogP contribution in [-0.2, 0) is 0 Å². The maximum atomic E-state index is 12.2. The highest BCUT2D eigenvalue weighted by atomic mass is 16.3. The molecule has 1 amide bonds. The Bertz CT molecular complexity index is 360. The highest BCUT2D eigenvalue weighted by molar-refractivity contribution is 5.94. The zero-order valence-corrected chi connectivity index (χ0v) is 10.3. The van der Waals surface area contributed by atoms with Crippen molar-refractivity contribution in [3.05, 3.63) is 35.9 Å². The fourth-order valence-corrected chi connectivity index (χ4v) is 1.73. The zero-order valence-electron chi connectivity index (χ0n) is 10.3. The van der Waals surface area contributed by atoms with Gasteiger partial charge < -0.3 is 15.1 Å². The standard InChI is InChI=1S/C13H19NO3/c1-3-14(13(2,9-15)10-16)12(17)11-7-5-4-6-8-11/h4-8,15-16H,3,9-10H2,1-2H3. The molecule has 94 valence electrons. The van der Waals surface area contributed by atoms with Crippen LogP contribution in [-0.4, -0.2) is 46.3 Å². The summed E-state index contributed by atoms with van der Waals surface area (Å²) in [6, 6.07) is 8.86. The lowest BCUT2D eigenvalue weighted by Crippen LogP contribution is -2.54. The van der Waals surface area contributed by atoms with Gasteiger partial charge in [-0.25, -0.2) is 0 Å². The maximum absolute atomic E-state index is 12.2. The molecule has 0 aliphatic rings. The van der Waals surface area contributed by atoms with Gasteiger partial charge in [-0.3, -0.25) is 4.79 Å². The van der Waals surface area contributed by atoms with Gasteiger partial charge in [0.15, 0.2) is 0 Å². The molecule has 0 bridgehead atoms. The minimum absolute atomic E-state index is 0.182. The number of hydrogen-bond acceptors (Lipinski definition) is 3. The predicted octanol–water partition coefficient (Wildman–Crippen LogP) is 0.892. The molecule has 2 N–H and O–H groups in total. The van der Waals surface area contributed by atoms with Crippen molar-refractivity contribution in [2.24, 2.45) is 0 Å². The highest BCUT2D eigenvalue weighted by Gasteiger charge is 2.33. The van der Waals surface area contributed by atoms with E-state index in [9.17, 15) is 15.0 Å². The van der Waals surface area contributed by atoms with Gasteiger partial charge in [0, 0.05) is 12.1 Å². The third-order valence-corrected chi connectivity index (χ3v) is 2.92. The van der Waals surface area contributed by atoms with E-state index in [0.29, 0.717) is 12.1 Å². The number of nitrogens with zero attached hydrogens (tertiary/aromatic N) is 1. The Labute approximate surface area is 101 Å². The van der Waals surface area contributed by atoms with E-state index in [2.05, 4.69) is 0 Å². The van der Waals surface area contributed by atoms with Gasteiger partial charge >= 0.3 is 0 Å². The molecule has 4 nitrogen and oxygen atoms in total. The number of aliphatic hydroxyl groups is 2. The first-order valence-corrected chi connectivity index (χ1v) is 5.67. The summed E-state index contributed by atoms with van der Waals surface area (Å²) >= 11 is 0. The van der Waals surface area contributed by atoms with E-state index in [1.807, 2.05) is 13.0 Å². The molecule has 1 rings (SSSR count). The van der Waals surface area contributed by atoms with Crippen LogP contribution in [0, 0.1) is 0 Å². The van der Waals surface area contributed by atoms with Crippen molar-refractivity contribution in [1.29, 1.82) is 0 Å². The summed E-state index contributed by atoms with van der Waals surface area (Å²) in [5.74, 6) is -0.182. The second-order valence-electron chi connectivity index (χ2n) is 4.23. The molecular formula is C13H19NO3. The number of aliphatic hydroxyl groups excluding tert-OH is 2. The predicted molar refractivity (Wildman–Crippen MR) is 65.7 cm³/mol. The number of amides is 1. The first-order valence-electron chi connectivity index (χ1n) is 5.67. The molecular weight excluding hydrogens is 218 g/mol. The quantitative estimate of drug-likeness (QED) is 0.799. The van der Waals surface area contributed by atoms with Gasteiger partial charge in [-0.2, -0.15) is 0 Å². The molecule has 0 radical (unpaired) electrons. The molecule has 0 saturated carbocycles. The monoisotopic (exact) mass is 237 g/mol. The van der Waals surface area contributed by atoms with Gasteiger partial charge in [0.1, 0.15) is 0 Å². The Morgan fingerprint density at radius 3 is 2.18 bits per heavy atom.